The molecule has 4 bridgehead atoms. The molecule has 4 amide bonds. The van der Waals surface area contributed by atoms with Gasteiger partial charge in [0.2, 0.25) is 0 Å². The smallest absolute Gasteiger partial charge is 0.335 e. The van der Waals surface area contributed by atoms with Crippen LogP contribution >= 0.6 is 0 Å². The Balaban J connectivity index is 1.04. The fraction of sp³-hybridized carbons (Fsp3) is 0.289. The summed E-state index contributed by atoms with van der Waals surface area (Å²) in [6, 6.07) is 28.8. The number of anilines is 1. The normalized spacial score (nSPS) is 26.8. The third kappa shape index (κ3) is 4.69. The van der Waals surface area contributed by atoms with E-state index in [4.69, 9.17) is 4.74 Å². The number of barbiturate groups is 1. The van der Waals surface area contributed by atoms with Gasteiger partial charge in [-0.1, -0.05) is 66.7 Å². The van der Waals surface area contributed by atoms with Gasteiger partial charge in [0.1, 0.15) is 17.9 Å². The Bertz CT molecular complexity index is 1800. The van der Waals surface area contributed by atoms with E-state index in [1.807, 2.05) is 48.5 Å². The Morgan fingerprint density at radius 2 is 1.43 bits per heavy atom. The van der Waals surface area contributed by atoms with E-state index in [1.54, 1.807) is 6.07 Å². The minimum absolute atomic E-state index is 0.114. The summed E-state index contributed by atoms with van der Waals surface area (Å²) >= 11 is 0. The number of hydrogen-bond donors (Lipinski definition) is 1. The highest BCUT2D eigenvalue weighted by Gasteiger charge is 2.51. The number of ether oxygens (including phenoxy) is 1. The third-order valence-corrected chi connectivity index (χ3v) is 10.3. The fourth-order valence-electron chi connectivity index (χ4n) is 8.70. The summed E-state index contributed by atoms with van der Waals surface area (Å²) in [6.45, 7) is 0.325. The predicted octanol–water partition coefficient (Wildman–Crippen LogP) is 7.55. The number of rotatable bonds is 6. The maximum atomic E-state index is 13.7. The molecule has 4 aliphatic carbocycles. The Labute approximate surface area is 256 Å². The van der Waals surface area contributed by atoms with Crippen LogP contribution in [0.3, 0.4) is 0 Å². The summed E-state index contributed by atoms with van der Waals surface area (Å²) in [5.41, 5.74) is 3.47. The Morgan fingerprint density at radius 1 is 0.773 bits per heavy atom. The highest BCUT2D eigenvalue weighted by Crippen LogP contribution is 2.60. The van der Waals surface area contributed by atoms with Crippen LogP contribution < -0.4 is 15.0 Å². The molecule has 1 saturated heterocycles. The highest BCUT2D eigenvalue weighted by molar-refractivity contribution is 6.39. The molecule has 6 heteroatoms. The number of hydrogen-bond acceptors (Lipinski definition) is 4. The van der Waals surface area contributed by atoms with Gasteiger partial charge in [-0.2, -0.15) is 0 Å². The van der Waals surface area contributed by atoms with Crippen LogP contribution in [0.1, 0.15) is 55.2 Å². The maximum absolute atomic E-state index is 13.7. The number of carbonyl (C=O) groups excluding carboxylic acids is 3. The third-order valence-electron chi connectivity index (χ3n) is 10.3. The molecule has 0 unspecified atom stereocenters. The first-order chi connectivity index (χ1) is 21.4. The molecule has 9 rings (SSSR count). The molecule has 4 aromatic carbocycles. The number of carbonyl (C=O) groups is 3. The standard InChI is InChI=1S/C38H34N2O4/c41-35-33(19-30-7-3-4-8-34(30)44-23-24-9-10-28-5-1-2-6-29(28)18-24)36(42)40(37(43)39-35)32-13-11-31(12-14-32)38-20-25-15-26(21-38)17-27(16-25)22-38/h1-14,18-19,25-27H,15-17,20-23H2,(H,39,41,43)/b33-19+. The molecule has 1 heterocycles. The van der Waals surface area contributed by atoms with Gasteiger partial charge in [0.15, 0.2) is 0 Å². The van der Waals surface area contributed by atoms with Crippen LogP contribution in [0.25, 0.3) is 16.8 Å². The summed E-state index contributed by atoms with van der Waals surface area (Å²) in [6.07, 6.45) is 9.36. The molecule has 0 aromatic heterocycles. The summed E-state index contributed by atoms with van der Waals surface area (Å²) in [5, 5.41) is 4.65. The molecule has 5 aliphatic rings. The van der Waals surface area contributed by atoms with Gasteiger partial charge < -0.3 is 4.74 Å². The summed E-state index contributed by atoms with van der Waals surface area (Å²) < 4.78 is 6.16. The number of para-hydroxylation sites is 1. The minimum atomic E-state index is -0.736. The molecule has 44 heavy (non-hydrogen) atoms. The van der Waals surface area contributed by atoms with E-state index in [-0.39, 0.29) is 11.0 Å². The topological polar surface area (TPSA) is 75.7 Å². The largest absolute Gasteiger partial charge is 0.488 e. The molecule has 5 fully saturated rings. The predicted molar refractivity (Wildman–Crippen MR) is 170 cm³/mol. The van der Waals surface area contributed by atoms with Gasteiger partial charge in [-0.05, 0) is 114 Å². The average molecular weight is 583 g/mol. The van der Waals surface area contributed by atoms with E-state index in [2.05, 4.69) is 41.7 Å². The fourth-order valence-corrected chi connectivity index (χ4v) is 8.70. The number of amides is 4. The van der Waals surface area contributed by atoms with Crippen LogP contribution in [-0.2, 0) is 21.6 Å². The molecule has 1 aliphatic heterocycles. The first-order valence-electron chi connectivity index (χ1n) is 15.7. The van der Waals surface area contributed by atoms with Gasteiger partial charge in [0, 0.05) is 5.56 Å². The SMILES string of the molecule is O=C1NC(=O)N(c2ccc(C34CC5CC(CC(C5)C3)C4)cc2)C(=O)/C1=C/c1ccccc1OCc1ccc2ccccc2c1. The maximum Gasteiger partial charge on any atom is 0.335 e. The number of fused-ring (bicyclic) bond motifs is 1. The molecule has 4 aromatic rings. The van der Waals surface area contributed by atoms with Crippen molar-refractivity contribution >= 4 is 40.4 Å². The van der Waals surface area contributed by atoms with E-state index in [1.165, 1.54) is 50.2 Å². The molecular formula is C38H34N2O4. The van der Waals surface area contributed by atoms with E-state index >= 15 is 0 Å². The lowest BCUT2D eigenvalue weighted by Crippen LogP contribution is -2.54. The monoisotopic (exact) mass is 582 g/mol. The number of imide groups is 2. The summed E-state index contributed by atoms with van der Waals surface area (Å²) in [4.78, 5) is 40.7. The zero-order valence-electron chi connectivity index (χ0n) is 24.5. The van der Waals surface area contributed by atoms with Crippen molar-refractivity contribution in [3.05, 3.63) is 113 Å². The second-order valence-electron chi connectivity index (χ2n) is 13.2. The van der Waals surface area contributed by atoms with Gasteiger partial charge in [0.25, 0.3) is 11.8 Å². The van der Waals surface area contributed by atoms with Gasteiger partial charge >= 0.3 is 6.03 Å². The van der Waals surface area contributed by atoms with Crippen LogP contribution in [0.4, 0.5) is 10.5 Å². The van der Waals surface area contributed by atoms with Crippen LogP contribution in [0, 0.1) is 17.8 Å². The van der Waals surface area contributed by atoms with Crippen molar-refractivity contribution in [1.82, 2.24) is 5.32 Å². The first kappa shape index (κ1) is 26.9. The van der Waals surface area contributed by atoms with Gasteiger partial charge in [-0.25, -0.2) is 9.69 Å². The molecule has 0 spiro atoms. The van der Waals surface area contributed by atoms with E-state index in [0.29, 0.717) is 23.6 Å². The van der Waals surface area contributed by atoms with Crippen molar-refractivity contribution in [3.8, 4) is 5.75 Å². The molecule has 220 valence electrons. The van der Waals surface area contributed by atoms with E-state index in [9.17, 15) is 14.4 Å². The Kier molecular flexibility index (Phi) is 6.40. The highest BCUT2D eigenvalue weighted by atomic mass is 16.5. The summed E-state index contributed by atoms with van der Waals surface area (Å²) in [5.74, 6) is 1.66. The van der Waals surface area contributed by atoms with Gasteiger partial charge in [-0.3, -0.25) is 14.9 Å². The molecule has 1 N–H and O–H groups in total. The lowest BCUT2D eigenvalue weighted by atomic mass is 9.48. The van der Waals surface area contributed by atoms with Crippen LogP contribution in [0.2, 0.25) is 0 Å². The van der Waals surface area contributed by atoms with Crippen molar-refractivity contribution in [2.24, 2.45) is 17.8 Å². The summed E-state index contributed by atoms with van der Waals surface area (Å²) in [7, 11) is 0. The number of benzene rings is 4. The first-order valence-corrected chi connectivity index (χ1v) is 15.7. The quantitative estimate of drug-likeness (QED) is 0.188. The molecular weight excluding hydrogens is 548 g/mol. The number of urea groups is 1. The van der Waals surface area contributed by atoms with Crippen molar-refractivity contribution in [2.45, 2.75) is 50.5 Å². The zero-order valence-corrected chi connectivity index (χ0v) is 24.5. The van der Waals surface area contributed by atoms with Crippen LogP contribution in [0.15, 0.2) is 96.6 Å². The lowest BCUT2D eigenvalue weighted by molar-refractivity contribution is -0.122. The molecule has 0 atom stereocenters. The zero-order chi connectivity index (χ0) is 29.8. The molecule has 0 radical (unpaired) electrons. The molecule has 4 saturated carbocycles. The Hall–Kier alpha value is -4.71. The van der Waals surface area contributed by atoms with Crippen molar-refractivity contribution in [2.75, 3.05) is 4.90 Å². The van der Waals surface area contributed by atoms with Crippen molar-refractivity contribution in [1.29, 1.82) is 0 Å². The van der Waals surface area contributed by atoms with Gasteiger partial charge in [-0.15, -0.1) is 0 Å². The minimum Gasteiger partial charge on any atom is -0.488 e. The van der Waals surface area contributed by atoms with Gasteiger partial charge in [0.05, 0.1) is 5.69 Å². The molecule has 6 nitrogen and oxygen atoms in total. The van der Waals surface area contributed by atoms with E-state index < -0.39 is 17.8 Å². The lowest BCUT2D eigenvalue weighted by Gasteiger charge is -2.57. The van der Waals surface area contributed by atoms with Crippen molar-refractivity contribution in [3.63, 3.8) is 0 Å². The average Bonchev–Trinajstić information content (AvgIpc) is 3.02. The number of nitrogens with zero attached hydrogens (tertiary/aromatic N) is 1. The van der Waals surface area contributed by atoms with Crippen LogP contribution in [-0.4, -0.2) is 17.8 Å². The number of nitrogens with one attached hydrogen (secondary N) is 1. The van der Waals surface area contributed by atoms with Crippen LogP contribution in [0.5, 0.6) is 5.75 Å². The van der Waals surface area contributed by atoms with E-state index in [0.717, 1.165) is 39.0 Å². The van der Waals surface area contributed by atoms with Crippen molar-refractivity contribution < 1.29 is 19.1 Å². The second-order valence-corrected chi connectivity index (χ2v) is 13.2. The Morgan fingerprint density at radius 3 is 2.16 bits per heavy atom. The second kappa shape index (κ2) is 10.5.